The number of rotatable bonds is 3. The van der Waals surface area contributed by atoms with Gasteiger partial charge in [-0.05, 0) is 29.2 Å². The Morgan fingerprint density at radius 1 is 1.12 bits per heavy atom. The van der Waals surface area contributed by atoms with Gasteiger partial charge in [0.05, 0.1) is 5.76 Å². The zero-order valence-electron chi connectivity index (χ0n) is 9.98. The second kappa shape index (κ2) is 4.88. The molecule has 0 aliphatic heterocycles. The van der Waals surface area contributed by atoms with Gasteiger partial charge in [0, 0.05) is 6.42 Å². The van der Waals surface area contributed by atoms with Crippen molar-refractivity contribution in [1.29, 1.82) is 0 Å². The van der Waals surface area contributed by atoms with Crippen LogP contribution >= 0.6 is 0 Å². The summed E-state index contributed by atoms with van der Waals surface area (Å²) < 4.78 is 0. The zero-order chi connectivity index (χ0) is 12.3. The first-order valence-corrected chi connectivity index (χ1v) is 5.68. The Morgan fingerprint density at radius 3 is 2.41 bits per heavy atom. The van der Waals surface area contributed by atoms with E-state index in [-0.39, 0.29) is 5.76 Å². The molecule has 1 N–H and O–H groups in total. The Hall–Kier alpha value is -2.02. The maximum atomic E-state index is 9.19. The molecular weight excluding hydrogens is 208 g/mol. The minimum Gasteiger partial charge on any atom is -0.513 e. The smallest absolute Gasteiger partial charge is 0.0894 e. The lowest BCUT2D eigenvalue weighted by molar-refractivity contribution is 0.401. The average Bonchev–Trinajstić information content (AvgIpc) is 2.29. The minimum atomic E-state index is 0.205. The molecule has 0 fully saturated rings. The van der Waals surface area contributed by atoms with E-state index < -0.39 is 0 Å². The second-order valence-corrected chi connectivity index (χ2v) is 4.26. The van der Waals surface area contributed by atoms with E-state index in [1.807, 2.05) is 24.3 Å². The molecule has 0 saturated heterocycles. The van der Waals surface area contributed by atoms with Crippen LogP contribution in [-0.2, 0) is 6.42 Å². The van der Waals surface area contributed by atoms with Crippen LogP contribution in [0.4, 0.5) is 0 Å². The molecule has 2 aromatic carbocycles. The highest BCUT2D eigenvalue weighted by Crippen LogP contribution is 2.24. The van der Waals surface area contributed by atoms with Crippen molar-refractivity contribution in [2.24, 2.45) is 0 Å². The summed E-state index contributed by atoms with van der Waals surface area (Å²) >= 11 is 0. The van der Waals surface area contributed by atoms with E-state index in [1.54, 1.807) is 0 Å². The first-order chi connectivity index (χ1) is 8.16. The normalized spacial score (nSPS) is 10.2. The SMILES string of the molecule is C=C(O)Cc1ccc(-c2ccccc2)c(C)c1. The van der Waals surface area contributed by atoms with Crippen molar-refractivity contribution >= 4 is 0 Å². The van der Waals surface area contributed by atoms with Gasteiger partial charge >= 0.3 is 0 Å². The average molecular weight is 224 g/mol. The number of aliphatic hydroxyl groups is 1. The molecule has 1 heteroatoms. The van der Waals surface area contributed by atoms with Gasteiger partial charge in [-0.1, -0.05) is 55.1 Å². The molecule has 86 valence electrons. The monoisotopic (exact) mass is 224 g/mol. The summed E-state index contributed by atoms with van der Waals surface area (Å²) in [5.74, 6) is 0.205. The predicted molar refractivity (Wildman–Crippen MR) is 72.1 cm³/mol. The molecule has 0 aromatic heterocycles. The standard InChI is InChI=1S/C16H16O/c1-12-10-14(11-13(2)17)8-9-16(12)15-6-4-3-5-7-15/h3-10,17H,2,11H2,1H3. The Kier molecular flexibility index (Phi) is 3.29. The topological polar surface area (TPSA) is 20.2 Å². The molecule has 0 unspecified atom stereocenters. The van der Waals surface area contributed by atoms with Crippen molar-refractivity contribution < 1.29 is 5.11 Å². The van der Waals surface area contributed by atoms with Gasteiger partial charge in [-0.3, -0.25) is 0 Å². The molecular formula is C16H16O. The quantitative estimate of drug-likeness (QED) is 0.772. The molecule has 0 atom stereocenters. The molecule has 0 saturated carbocycles. The van der Waals surface area contributed by atoms with Crippen LogP contribution in [0.25, 0.3) is 11.1 Å². The van der Waals surface area contributed by atoms with Gasteiger partial charge in [-0.25, -0.2) is 0 Å². The summed E-state index contributed by atoms with van der Waals surface area (Å²) in [6, 6.07) is 16.5. The third kappa shape index (κ3) is 2.76. The van der Waals surface area contributed by atoms with Crippen molar-refractivity contribution in [3.63, 3.8) is 0 Å². The Morgan fingerprint density at radius 2 is 1.82 bits per heavy atom. The van der Waals surface area contributed by atoms with Crippen LogP contribution in [-0.4, -0.2) is 5.11 Å². The van der Waals surface area contributed by atoms with E-state index in [1.165, 1.54) is 16.7 Å². The molecule has 0 spiro atoms. The van der Waals surface area contributed by atoms with Gasteiger partial charge in [0.25, 0.3) is 0 Å². The molecule has 0 radical (unpaired) electrons. The fraction of sp³-hybridized carbons (Fsp3) is 0.125. The van der Waals surface area contributed by atoms with Crippen LogP contribution in [0.15, 0.2) is 60.9 Å². The molecule has 0 aliphatic carbocycles. The summed E-state index contributed by atoms with van der Waals surface area (Å²) in [7, 11) is 0. The van der Waals surface area contributed by atoms with E-state index in [4.69, 9.17) is 0 Å². The van der Waals surface area contributed by atoms with Crippen molar-refractivity contribution in [3.8, 4) is 11.1 Å². The molecule has 2 rings (SSSR count). The van der Waals surface area contributed by atoms with E-state index in [0.717, 1.165) is 5.56 Å². The van der Waals surface area contributed by atoms with Gasteiger partial charge in [0.15, 0.2) is 0 Å². The zero-order valence-corrected chi connectivity index (χ0v) is 9.98. The van der Waals surface area contributed by atoms with Gasteiger partial charge in [0.1, 0.15) is 0 Å². The fourth-order valence-electron chi connectivity index (χ4n) is 2.01. The maximum absolute atomic E-state index is 9.19. The van der Waals surface area contributed by atoms with Crippen LogP contribution in [0.1, 0.15) is 11.1 Å². The van der Waals surface area contributed by atoms with Crippen LogP contribution in [0.2, 0.25) is 0 Å². The third-order valence-corrected chi connectivity index (χ3v) is 2.78. The lowest BCUT2D eigenvalue weighted by Crippen LogP contribution is -1.90. The first kappa shape index (κ1) is 11.5. The summed E-state index contributed by atoms with van der Waals surface area (Å²) in [6.07, 6.45) is 0.524. The predicted octanol–water partition coefficient (Wildman–Crippen LogP) is 4.28. The van der Waals surface area contributed by atoms with Crippen LogP contribution in [0.3, 0.4) is 0 Å². The maximum Gasteiger partial charge on any atom is 0.0894 e. The summed E-state index contributed by atoms with van der Waals surface area (Å²) in [4.78, 5) is 0. The van der Waals surface area contributed by atoms with E-state index in [9.17, 15) is 5.11 Å². The molecule has 1 nitrogen and oxygen atoms in total. The number of allylic oxidation sites excluding steroid dienone is 1. The van der Waals surface area contributed by atoms with Crippen LogP contribution in [0, 0.1) is 6.92 Å². The van der Waals surface area contributed by atoms with E-state index in [0.29, 0.717) is 6.42 Å². The Bertz CT molecular complexity index is 526. The molecule has 0 amide bonds. The van der Waals surface area contributed by atoms with Crippen molar-refractivity contribution in [3.05, 3.63) is 72.0 Å². The van der Waals surface area contributed by atoms with Crippen LogP contribution < -0.4 is 0 Å². The number of aryl methyl sites for hydroxylation is 1. The van der Waals surface area contributed by atoms with Crippen LogP contribution in [0.5, 0.6) is 0 Å². The molecule has 0 aliphatic rings. The Balaban J connectivity index is 2.35. The second-order valence-electron chi connectivity index (χ2n) is 4.26. The summed E-state index contributed by atoms with van der Waals surface area (Å²) in [6.45, 7) is 5.61. The minimum absolute atomic E-state index is 0.205. The molecule has 17 heavy (non-hydrogen) atoms. The lowest BCUT2D eigenvalue weighted by atomic mass is 9.97. The first-order valence-electron chi connectivity index (χ1n) is 5.68. The highest BCUT2D eigenvalue weighted by molar-refractivity contribution is 5.67. The highest BCUT2D eigenvalue weighted by atomic mass is 16.3. The number of aliphatic hydroxyl groups excluding tert-OH is 1. The van der Waals surface area contributed by atoms with E-state index in [2.05, 4.69) is 37.8 Å². The Labute approximate surface area is 102 Å². The molecule has 0 bridgehead atoms. The highest BCUT2D eigenvalue weighted by Gasteiger charge is 2.03. The number of hydrogen-bond acceptors (Lipinski definition) is 1. The largest absolute Gasteiger partial charge is 0.513 e. The summed E-state index contributed by atoms with van der Waals surface area (Å²) in [5.41, 5.74) is 4.77. The van der Waals surface area contributed by atoms with Crippen molar-refractivity contribution in [2.75, 3.05) is 0 Å². The molecule has 2 aromatic rings. The number of benzene rings is 2. The molecule has 0 heterocycles. The van der Waals surface area contributed by atoms with Gasteiger partial charge in [0.2, 0.25) is 0 Å². The van der Waals surface area contributed by atoms with Gasteiger partial charge in [-0.15, -0.1) is 0 Å². The third-order valence-electron chi connectivity index (χ3n) is 2.78. The van der Waals surface area contributed by atoms with E-state index >= 15 is 0 Å². The fourth-order valence-corrected chi connectivity index (χ4v) is 2.01. The lowest BCUT2D eigenvalue weighted by Gasteiger charge is -2.08. The van der Waals surface area contributed by atoms with Crippen molar-refractivity contribution in [1.82, 2.24) is 0 Å². The van der Waals surface area contributed by atoms with Crippen molar-refractivity contribution in [2.45, 2.75) is 13.3 Å². The summed E-state index contributed by atoms with van der Waals surface area (Å²) in [5, 5.41) is 9.19. The van der Waals surface area contributed by atoms with Gasteiger partial charge < -0.3 is 5.11 Å². The van der Waals surface area contributed by atoms with Gasteiger partial charge in [-0.2, -0.15) is 0 Å². The number of hydrogen-bond donors (Lipinski definition) is 1.